The highest BCUT2D eigenvalue weighted by Crippen LogP contribution is 2.60. The van der Waals surface area contributed by atoms with E-state index in [0.29, 0.717) is 17.1 Å². The molecule has 1 aromatic rings. The van der Waals surface area contributed by atoms with Crippen molar-refractivity contribution in [3.05, 3.63) is 42.2 Å². The number of hydrogen-bond acceptors (Lipinski definition) is 13. The molecule has 13 heteroatoms. The van der Waals surface area contributed by atoms with Gasteiger partial charge >= 0.3 is 5.97 Å². The molecule has 3 aliphatic heterocycles. The van der Waals surface area contributed by atoms with E-state index in [1.165, 1.54) is 26.6 Å². The topological polar surface area (TPSA) is 186 Å². The number of aliphatic hydroxyl groups excluding tert-OH is 5. The number of carbonyl (C=O) groups excluding carboxylic acids is 1. The van der Waals surface area contributed by atoms with Gasteiger partial charge in [0.2, 0.25) is 6.29 Å². The van der Waals surface area contributed by atoms with E-state index in [1.807, 2.05) is 0 Å². The number of rotatable bonds is 9. The monoisotopic (exact) mass is 552 g/mol. The van der Waals surface area contributed by atoms with Gasteiger partial charge in [-0.2, -0.15) is 0 Å². The lowest BCUT2D eigenvalue weighted by atomic mass is 9.85. The Kier molecular flexibility index (Phi) is 7.86. The van der Waals surface area contributed by atoms with E-state index in [4.69, 9.17) is 33.2 Å². The van der Waals surface area contributed by atoms with Crippen molar-refractivity contribution in [1.29, 1.82) is 0 Å². The quantitative estimate of drug-likeness (QED) is 0.138. The van der Waals surface area contributed by atoms with Crippen LogP contribution >= 0.6 is 0 Å². The Morgan fingerprint density at radius 3 is 2.51 bits per heavy atom. The van der Waals surface area contributed by atoms with Crippen molar-refractivity contribution >= 4 is 12.0 Å². The van der Waals surface area contributed by atoms with Crippen molar-refractivity contribution < 1.29 is 63.5 Å². The molecule has 13 nitrogen and oxygen atoms in total. The minimum Gasteiger partial charge on any atom is -0.493 e. The molecule has 3 heterocycles. The van der Waals surface area contributed by atoms with Gasteiger partial charge in [-0.25, -0.2) is 4.79 Å². The summed E-state index contributed by atoms with van der Waals surface area (Å²) in [7, 11) is 3.03. The fourth-order valence-corrected chi connectivity index (χ4v) is 5.58. The third kappa shape index (κ3) is 4.89. The summed E-state index contributed by atoms with van der Waals surface area (Å²) in [6, 6.07) is 5.17. The summed E-state index contributed by atoms with van der Waals surface area (Å²) in [5.74, 6) is -0.727. The van der Waals surface area contributed by atoms with E-state index < -0.39 is 85.8 Å². The molecule has 0 amide bonds. The second kappa shape index (κ2) is 11.0. The van der Waals surface area contributed by atoms with Crippen molar-refractivity contribution in [3.63, 3.8) is 0 Å². The van der Waals surface area contributed by atoms with Crippen LogP contribution < -0.4 is 9.47 Å². The van der Waals surface area contributed by atoms with Crippen LogP contribution in [0.1, 0.15) is 5.56 Å². The number of esters is 1. The average molecular weight is 553 g/mol. The summed E-state index contributed by atoms with van der Waals surface area (Å²) in [5, 5.41) is 50.2. The molecule has 214 valence electrons. The summed E-state index contributed by atoms with van der Waals surface area (Å²) < 4.78 is 39.0. The minimum atomic E-state index is -1.64. The highest BCUT2D eigenvalue weighted by Gasteiger charge is 2.77. The summed E-state index contributed by atoms with van der Waals surface area (Å²) >= 11 is 0. The van der Waals surface area contributed by atoms with Crippen LogP contribution in [-0.4, -0.2) is 114 Å². The largest absolute Gasteiger partial charge is 0.493 e. The minimum absolute atomic E-state index is 0.417. The third-order valence-electron chi connectivity index (χ3n) is 7.67. The molecule has 0 bridgehead atoms. The molecule has 0 aromatic heterocycles. The van der Waals surface area contributed by atoms with Crippen molar-refractivity contribution in [3.8, 4) is 11.5 Å². The van der Waals surface area contributed by atoms with Crippen LogP contribution in [0, 0.1) is 11.8 Å². The average Bonchev–Trinajstić information content (AvgIpc) is 3.63. The number of hydrogen-bond donors (Lipinski definition) is 5. The smallest absolute Gasteiger partial charge is 0.331 e. The number of ether oxygens (including phenoxy) is 7. The van der Waals surface area contributed by atoms with Crippen molar-refractivity contribution in [1.82, 2.24) is 0 Å². The second-order valence-electron chi connectivity index (χ2n) is 9.77. The lowest BCUT2D eigenvalue weighted by Crippen LogP contribution is -2.60. The lowest BCUT2D eigenvalue weighted by Gasteiger charge is -2.43. The van der Waals surface area contributed by atoms with E-state index in [-0.39, 0.29) is 0 Å². The zero-order chi connectivity index (χ0) is 27.9. The maximum atomic E-state index is 12.8. The number of fused-ring (bicyclic) bond motifs is 3. The molecule has 1 saturated carbocycles. The normalized spacial score (nSPS) is 40.5. The molecule has 2 saturated heterocycles. The molecular weight excluding hydrogens is 520 g/mol. The van der Waals surface area contributed by atoms with Crippen LogP contribution in [0.25, 0.3) is 6.08 Å². The molecule has 1 aliphatic carbocycles. The predicted molar refractivity (Wildman–Crippen MR) is 129 cm³/mol. The summed E-state index contributed by atoms with van der Waals surface area (Å²) in [4.78, 5) is 12.8. The Morgan fingerprint density at radius 2 is 1.82 bits per heavy atom. The van der Waals surface area contributed by atoms with E-state index in [1.54, 1.807) is 30.4 Å². The molecule has 3 fully saturated rings. The first-order valence-electron chi connectivity index (χ1n) is 12.5. The van der Waals surface area contributed by atoms with Crippen LogP contribution in [-0.2, 0) is 28.5 Å². The molecule has 39 heavy (non-hydrogen) atoms. The number of carbonyl (C=O) groups is 1. The molecule has 1 aromatic carbocycles. The molecule has 0 spiro atoms. The van der Waals surface area contributed by atoms with Gasteiger partial charge in [0, 0.05) is 12.0 Å². The van der Waals surface area contributed by atoms with Crippen molar-refractivity contribution in [2.45, 2.75) is 54.8 Å². The van der Waals surface area contributed by atoms with Gasteiger partial charge in [0.05, 0.1) is 39.6 Å². The summed E-state index contributed by atoms with van der Waals surface area (Å²) in [6.45, 7) is -1.04. The van der Waals surface area contributed by atoms with E-state index in [0.717, 1.165) is 0 Å². The first-order valence-corrected chi connectivity index (χ1v) is 12.5. The van der Waals surface area contributed by atoms with Crippen LogP contribution in [0.3, 0.4) is 0 Å². The maximum absolute atomic E-state index is 12.8. The van der Waals surface area contributed by atoms with Gasteiger partial charge in [0.15, 0.2) is 17.8 Å². The SMILES string of the molecule is COc1ccc(/C=C/C(=O)O[C@H]2[C@@H]3C=CO[C@@H](O[C@@H]4O[C@H](CO)[C@@H](O)[C@H](O)[C@H]4O)[C@@H]3[C@@]3(CO)O[C@@H]23)cc1OC. The van der Waals surface area contributed by atoms with Crippen LogP contribution in [0.4, 0.5) is 0 Å². The Hall–Kier alpha value is -2.75. The first-order chi connectivity index (χ1) is 18.8. The van der Waals surface area contributed by atoms with Gasteiger partial charge in [-0.15, -0.1) is 0 Å². The summed E-state index contributed by atoms with van der Waals surface area (Å²) in [6.07, 6.45) is -4.14. The molecular formula is C26H32O13. The van der Waals surface area contributed by atoms with Gasteiger partial charge in [-0.05, 0) is 29.8 Å². The van der Waals surface area contributed by atoms with Crippen molar-refractivity contribution in [2.24, 2.45) is 11.8 Å². The third-order valence-corrected chi connectivity index (χ3v) is 7.67. The summed E-state index contributed by atoms with van der Waals surface area (Å²) in [5.41, 5.74) is -0.452. The molecule has 0 radical (unpaired) electrons. The molecule has 5 rings (SSSR count). The Balaban J connectivity index is 1.29. The van der Waals surface area contributed by atoms with E-state index in [9.17, 15) is 30.3 Å². The zero-order valence-corrected chi connectivity index (χ0v) is 21.2. The van der Waals surface area contributed by atoms with Gasteiger partial charge in [0.25, 0.3) is 0 Å². The Morgan fingerprint density at radius 1 is 1.05 bits per heavy atom. The number of epoxide rings is 1. The standard InChI is InChI=1S/C26H32O13/c1-33-14-5-3-12(9-15(14)34-2)4-6-17(29)37-22-13-7-8-35-24(18(13)26(11-28)23(22)39-26)38-25-21(32)20(31)19(30)16(10-27)36-25/h3-9,13,16,18-25,27-28,30-32H,10-11H2,1-2H3/b6-4+/t13-,16-,18-,19-,20+,21-,22+,23+,24+,25+,26-/m1/s1. The fraction of sp³-hybridized carbons (Fsp3) is 0.577. The molecule has 0 unspecified atom stereocenters. The molecule has 11 atom stereocenters. The highest BCUT2D eigenvalue weighted by atomic mass is 16.8. The van der Waals surface area contributed by atoms with Gasteiger partial charge < -0.3 is 58.7 Å². The number of aliphatic hydroxyl groups is 5. The predicted octanol–water partition coefficient (Wildman–Crippen LogP) is -1.31. The lowest BCUT2D eigenvalue weighted by molar-refractivity contribution is -0.344. The Bertz CT molecular complexity index is 1110. The van der Waals surface area contributed by atoms with Gasteiger partial charge in [-0.1, -0.05) is 6.07 Å². The van der Waals surface area contributed by atoms with Gasteiger partial charge in [-0.3, -0.25) is 0 Å². The zero-order valence-electron chi connectivity index (χ0n) is 21.2. The fourth-order valence-electron chi connectivity index (χ4n) is 5.58. The van der Waals surface area contributed by atoms with Crippen LogP contribution in [0.5, 0.6) is 11.5 Å². The van der Waals surface area contributed by atoms with E-state index >= 15 is 0 Å². The van der Waals surface area contributed by atoms with Crippen LogP contribution in [0.2, 0.25) is 0 Å². The van der Waals surface area contributed by atoms with E-state index in [2.05, 4.69) is 0 Å². The van der Waals surface area contributed by atoms with Crippen LogP contribution in [0.15, 0.2) is 36.6 Å². The van der Waals surface area contributed by atoms with Crippen molar-refractivity contribution in [2.75, 3.05) is 27.4 Å². The second-order valence-corrected chi connectivity index (χ2v) is 9.77. The number of benzene rings is 1. The molecule has 5 N–H and O–H groups in total. The highest BCUT2D eigenvalue weighted by molar-refractivity contribution is 5.87. The molecule has 4 aliphatic rings. The maximum Gasteiger partial charge on any atom is 0.331 e. The number of methoxy groups -OCH3 is 2. The van der Waals surface area contributed by atoms with Gasteiger partial charge in [0.1, 0.15) is 42.2 Å². The first kappa shape index (κ1) is 27.8. The Labute approximate surface area is 223 Å².